The Labute approximate surface area is 109 Å². The van der Waals surface area contributed by atoms with E-state index in [4.69, 9.17) is 0 Å². The molecule has 1 N–H and O–H groups in total. The molecule has 2 heterocycles. The molecular formula is C14H23N3O. The average Bonchev–Trinajstić information content (AvgIpc) is 2.32. The van der Waals surface area contributed by atoms with Crippen molar-refractivity contribution < 1.29 is 5.11 Å². The fraction of sp³-hybridized carbons (Fsp3) is 0.643. The Morgan fingerprint density at radius 2 is 1.83 bits per heavy atom. The topological polar surface area (TPSA) is 39.6 Å². The lowest BCUT2D eigenvalue weighted by atomic mass is 10.0. The molecule has 1 aliphatic rings. The van der Waals surface area contributed by atoms with Gasteiger partial charge in [0.25, 0.3) is 0 Å². The van der Waals surface area contributed by atoms with Crippen molar-refractivity contribution in [2.45, 2.75) is 32.9 Å². The Balaban J connectivity index is 1.85. The number of hydrogen-bond donors (Lipinski definition) is 1. The highest BCUT2D eigenvalue weighted by molar-refractivity contribution is 5.17. The normalized spacial score (nSPS) is 19.1. The number of aromatic nitrogens is 1. The molecule has 1 aliphatic heterocycles. The third-order valence-corrected chi connectivity index (χ3v) is 3.52. The van der Waals surface area contributed by atoms with Crippen molar-refractivity contribution >= 4 is 0 Å². The van der Waals surface area contributed by atoms with Gasteiger partial charge >= 0.3 is 0 Å². The monoisotopic (exact) mass is 249 g/mol. The van der Waals surface area contributed by atoms with Crippen LogP contribution in [0.2, 0.25) is 0 Å². The summed E-state index contributed by atoms with van der Waals surface area (Å²) in [6.45, 7) is 12.1. The summed E-state index contributed by atoms with van der Waals surface area (Å²) >= 11 is 0. The molecular weight excluding hydrogens is 226 g/mol. The van der Waals surface area contributed by atoms with E-state index in [1.165, 1.54) is 6.20 Å². The van der Waals surface area contributed by atoms with Crippen molar-refractivity contribution in [1.29, 1.82) is 0 Å². The predicted molar refractivity (Wildman–Crippen MR) is 72.5 cm³/mol. The lowest BCUT2D eigenvalue weighted by molar-refractivity contribution is 0.0586. The van der Waals surface area contributed by atoms with Crippen molar-refractivity contribution in [2.24, 2.45) is 0 Å². The molecule has 2 rings (SSSR count). The summed E-state index contributed by atoms with van der Waals surface area (Å²) in [6.07, 6.45) is 1.51. The van der Waals surface area contributed by atoms with Crippen LogP contribution in [0.1, 0.15) is 26.5 Å². The van der Waals surface area contributed by atoms with Gasteiger partial charge in [-0.15, -0.1) is 0 Å². The van der Waals surface area contributed by atoms with Crippen LogP contribution in [0.3, 0.4) is 0 Å². The summed E-state index contributed by atoms with van der Waals surface area (Å²) in [5.74, 6) is 0.233. The second kappa shape index (κ2) is 5.24. The molecule has 0 aromatic carbocycles. The number of nitrogens with zero attached hydrogens (tertiary/aromatic N) is 3. The van der Waals surface area contributed by atoms with Crippen LogP contribution in [0.15, 0.2) is 18.3 Å². The van der Waals surface area contributed by atoms with Gasteiger partial charge in [0.2, 0.25) is 0 Å². The Hall–Kier alpha value is -1.13. The lowest BCUT2D eigenvalue weighted by Gasteiger charge is -2.42. The molecule has 0 aliphatic carbocycles. The zero-order valence-corrected chi connectivity index (χ0v) is 11.6. The second-order valence-electron chi connectivity index (χ2n) is 5.94. The number of hydrogen-bond acceptors (Lipinski definition) is 4. The number of aromatic hydroxyl groups is 1. The Morgan fingerprint density at radius 3 is 2.33 bits per heavy atom. The number of piperazine rings is 1. The SMILES string of the molecule is CC(C)(C)N1CCN(Cc2ccc(O)cn2)CC1. The third kappa shape index (κ3) is 3.43. The molecule has 1 saturated heterocycles. The standard InChI is InChI=1S/C14H23N3O/c1-14(2,3)17-8-6-16(7-9-17)11-12-4-5-13(18)10-15-12/h4-5,10,18H,6-9,11H2,1-3H3. The summed E-state index contributed by atoms with van der Waals surface area (Å²) in [4.78, 5) is 9.17. The predicted octanol–water partition coefficient (Wildman–Crippen LogP) is 1.70. The fourth-order valence-corrected chi connectivity index (χ4v) is 2.32. The van der Waals surface area contributed by atoms with Gasteiger partial charge in [-0.25, -0.2) is 0 Å². The van der Waals surface area contributed by atoms with Crippen molar-refractivity contribution in [3.8, 4) is 5.75 Å². The first-order valence-corrected chi connectivity index (χ1v) is 6.56. The summed E-state index contributed by atoms with van der Waals surface area (Å²) in [6, 6.07) is 3.60. The molecule has 4 nitrogen and oxygen atoms in total. The molecule has 0 bridgehead atoms. The van der Waals surface area contributed by atoms with Crippen LogP contribution in [0.4, 0.5) is 0 Å². The van der Waals surface area contributed by atoms with Gasteiger partial charge in [-0.1, -0.05) is 0 Å². The van der Waals surface area contributed by atoms with E-state index in [0.29, 0.717) is 0 Å². The van der Waals surface area contributed by atoms with Crippen LogP contribution in [0.5, 0.6) is 5.75 Å². The minimum absolute atomic E-state index is 0.233. The van der Waals surface area contributed by atoms with Gasteiger partial charge in [0.1, 0.15) is 5.75 Å². The Kier molecular flexibility index (Phi) is 3.88. The smallest absolute Gasteiger partial charge is 0.133 e. The maximum atomic E-state index is 9.20. The maximum Gasteiger partial charge on any atom is 0.133 e. The third-order valence-electron chi connectivity index (χ3n) is 3.52. The highest BCUT2D eigenvalue weighted by atomic mass is 16.3. The summed E-state index contributed by atoms with van der Waals surface area (Å²) < 4.78 is 0. The molecule has 0 amide bonds. The molecule has 0 radical (unpaired) electrons. The van der Waals surface area contributed by atoms with Gasteiger partial charge in [0.05, 0.1) is 11.9 Å². The summed E-state index contributed by atoms with van der Waals surface area (Å²) in [5, 5.41) is 9.20. The minimum atomic E-state index is 0.233. The van der Waals surface area contributed by atoms with Crippen LogP contribution in [0, 0.1) is 0 Å². The molecule has 100 valence electrons. The van der Waals surface area contributed by atoms with Gasteiger partial charge in [-0.3, -0.25) is 14.8 Å². The van der Waals surface area contributed by atoms with E-state index in [-0.39, 0.29) is 11.3 Å². The Morgan fingerprint density at radius 1 is 1.17 bits per heavy atom. The van der Waals surface area contributed by atoms with E-state index in [0.717, 1.165) is 38.4 Å². The molecule has 1 aromatic rings. The molecule has 0 spiro atoms. The van der Waals surface area contributed by atoms with E-state index in [9.17, 15) is 5.11 Å². The second-order valence-corrected chi connectivity index (χ2v) is 5.94. The van der Waals surface area contributed by atoms with Crippen molar-refractivity contribution in [3.05, 3.63) is 24.0 Å². The lowest BCUT2D eigenvalue weighted by Crippen LogP contribution is -2.53. The van der Waals surface area contributed by atoms with Crippen LogP contribution in [0.25, 0.3) is 0 Å². The first-order chi connectivity index (χ1) is 8.45. The highest BCUT2D eigenvalue weighted by Crippen LogP contribution is 2.17. The first kappa shape index (κ1) is 13.3. The summed E-state index contributed by atoms with van der Waals surface area (Å²) in [7, 11) is 0. The maximum absolute atomic E-state index is 9.20. The van der Waals surface area contributed by atoms with Crippen molar-refractivity contribution in [2.75, 3.05) is 26.2 Å². The van der Waals surface area contributed by atoms with Crippen LogP contribution >= 0.6 is 0 Å². The Bertz CT molecular complexity index is 375. The van der Waals surface area contributed by atoms with Crippen LogP contribution in [-0.4, -0.2) is 51.6 Å². The van der Waals surface area contributed by atoms with Gasteiger partial charge in [-0.05, 0) is 32.9 Å². The quantitative estimate of drug-likeness (QED) is 0.866. The van der Waals surface area contributed by atoms with Crippen molar-refractivity contribution in [3.63, 3.8) is 0 Å². The number of rotatable bonds is 2. The van der Waals surface area contributed by atoms with Crippen molar-refractivity contribution in [1.82, 2.24) is 14.8 Å². The van der Waals surface area contributed by atoms with Gasteiger partial charge < -0.3 is 5.11 Å². The zero-order chi connectivity index (χ0) is 13.2. The van der Waals surface area contributed by atoms with Crippen LogP contribution < -0.4 is 0 Å². The molecule has 1 fully saturated rings. The van der Waals surface area contributed by atoms with Gasteiger partial charge in [0.15, 0.2) is 0 Å². The molecule has 1 aromatic heterocycles. The molecule has 0 saturated carbocycles. The molecule has 0 unspecified atom stereocenters. The van der Waals surface area contributed by atoms with E-state index < -0.39 is 0 Å². The van der Waals surface area contributed by atoms with Crippen LogP contribution in [-0.2, 0) is 6.54 Å². The average molecular weight is 249 g/mol. The van der Waals surface area contributed by atoms with Gasteiger partial charge in [0, 0.05) is 38.3 Å². The summed E-state index contributed by atoms with van der Waals surface area (Å²) in [5.41, 5.74) is 1.29. The first-order valence-electron chi connectivity index (χ1n) is 6.56. The fourth-order valence-electron chi connectivity index (χ4n) is 2.32. The van der Waals surface area contributed by atoms with E-state index in [1.807, 2.05) is 6.07 Å². The highest BCUT2D eigenvalue weighted by Gasteiger charge is 2.25. The van der Waals surface area contributed by atoms with E-state index in [2.05, 4.69) is 35.6 Å². The van der Waals surface area contributed by atoms with Gasteiger partial charge in [-0.2, -0.15) is 0 Å². The minimum Gasteiger partial charge on any atom is -0.506 e. The number of pyridine rings is 1. The zero-order valence-electron chi connectivity index (χ0n) is 11.6. The largest absolute Gasteiger partial charge is 0.506 e. The van der Waals surface area contributed by atoms with E-state index >= 15 is 0 Å². The van der Waals surface area contributed by atoms with E-state index in [1.54, 1.807) is 6.07 Å². The molecule has 4 heteroatoms. The molecule has 0 atom stereocenters. The molecule has 18 heavy (non-hydrogen) atoms.